The number of amides is 1. The maximum atomic E-state index is 12.4. The van der Waals surface area contributed by atoms with Gasteiger partial charge in [0.2, 0.25) is 6.79 Å². The van der Waals surface area contributed by atoms with Gasteiger partial charge in [0.15, 0.2) is 11.5 Å². The average molecular weight is 362 g/mol. The number of hydrogen-bond donors (Lipinski definition) is 2. The van der Waals surface area contributed by atoms with Crippen LogP contribution in [-0.4, -0.2) is 22.7 Å². The van der Waals surface area contributed by atoms with Crippen molar-refractivity contribution in [2.45, 2.75) is 13.1 Å². The van der Waals surface area contributed by atoms with Crippen molar-refractivity contribution in [2.24, 2.45) is 0 Å². The molecule has 2 N–H and O–H groups in total. The molecule has 3 heterocycles. The van der Waals surface area contributed by atoms with Crippen molar-refractivity contribution in [3.05, 3.63) is 77.7 Å². The Morgan fingerprint density at radius 2 is 1.78 bits per heavy atom. The number of carbonyl (C=O) groups excluding carboxylic acids is 1. The molecule has 0 bridgehead atoms. The molecule has 7 nitrogen and oxygen atoms in total. The Morgan fingerprint density at radius 1 is 0.926 bits per heavy atom. The molecule has 2 aromatic heterocycles. The molecule has 0 unspecified atom stereocenters. The summed E-state index contributed by atoms with van der Waals surface area (Å²) in [5.41, 5.74) is 2.58. The van der Waals surface area contributed by atoms with Gasteiger partial charge in [-0.05, 0) is 47.5 Å². The summed E-state index contributed by atoms with van der Waals surface area (Å²) in [4.78, 5) is 20.6. The van der Waals surface area contributed by atoms with Crippen LogP contribution in [0.25, 0.3) is 0 Å². The number of ether oxygens (including phenoxy) is 2. The summed E-state index contributed by atoms with van der Waals surface area (Å²) in [5, 5.41) is 6.12. The van der Waals surface area contributed by atoms with Crippen LogP contribution in [0.4, 0.5) is 5.82 Å². The minimum absolute atomic E-state index is 0.152. The molecule has 0 fully saturated rings. The fraction of sp³-hybridized carbons (Fsp3) is 0.150. The molecule has 7 heteroatoms. The first-order chi connectivity index (χ1) is 13.3. The van der Waals surface area contributed by atoms with Crippen molar-refractivity contribution in [3.63, 3.8) is 0 Å². The van der Waals surface area contributed by atoms with Gasteiger partial charge in [0.1, 0.15) is 5.82 Å². The van der Waals surface area contributed by atoms with Crippen LogP contribution in [0, 0.1) is 0 Å². The molecule has 1 aliphatic rings. The van der Waals surface area contributed by atoms with Crippen molar-refractivity contribution in [2.75, 3.05) is 12.1 Å². The molecular weight excluding hydrogens is 344 g/mol. The van der Waals surface area contributed by atoms with Crippen LogP contribution in [0.15, 0.2) is 61.1 Å². The highest BCUT2D eigenvalue weighted by Gasteiger charge is 2.13. The van der Waals surface area contributed by atoms with Gasteiger partial charge in [-0.2, -0.15) is 0 Å². The fourth-order valence-corrected chi connectivity index (χ4v) is 2.70. The molecule has 0 aliphatic carbocycles. The zero-order chi connectivity index (χ0) is 18.5. The predicted molar refractivity (Wildman–Crippen MR) is 99.5 cm³/mol. The number of fused-ring (bicyclic) bond motifs is 1. The maximum absolute atomic E-state index is 12.4. The molecule has 136 valence electrons. The third kappa shape index (κ3) is 4.14. The van der Waals surface area contributed by atoms with Crippen molar-refractivity contribution < 1.29 is 14.3 Å². The van der Waals surface area contributed by atoms with Gasteiger partial charge >= 0.3 is 0 Å². The SMILES string of the molecule is O=C(NCc1ccncc1)c1ccnc(NCc2ccc3c(c2)OCO3)c1. The van der Waals surface area contributed by atoms with Gasteiger partial charge in [-0.1, -0.05) is 6.07 Å². The summed E-state index contributed by atoms with van der Waals surface area (Å²) in [6, 6.07) is 12.9. The summed E-state index contributed by atoms with van der Waals surface area (Å²) in [7, 11) is 0. The van der Waals surface area contributed by atoms with E-state index in [9.17, 15) is 4.79 Å². The van der Waals surface area contributed by atoms with E-state index in [0.717, 1.165) is 22.6 Å². The largest absolute Gasteiger partial charge is 0.454 e. The highest BCUT2D eigenvalue weighted by Crippen LogP contribution is 2.32. The van der Waals surface area contributed by atoms with Crippen molar-refractivity contribution in [1.29, 1.82) is 0 Å². The monoisotopic (exact) mass is 362 g/mol. The molecule has 3 aromatic rings. The number of nitrogens with zero attached hydrogens (tertiary/aromatic N) is 2. The van der Waals surface area contributed by atoms with Gasteiger partial charge in [0.25, 0.3) is 5.91 Å². The molecule has 1 amide bonds. The van der Waals surface area contributed by atoms with Crippen LogP contribution >= 0.6 is 0 Å². The number of hydrogen-bond acceptors (Lipinski definition) is 6. The Balaban J connectivity index is 1.36. The first-order valence-corrected chi connectivity index (χ1v) is 8.53. The van der Waals surface area contributed by atoms with E-state index in [2.05, 4.69) is 20.6 Å². The van der Waals surface area contributed by atoms with E-state index in [-0.39, 0.29) is 12.7 Å². The lowest BCUT2D eigenvalue weighted by molar-refractivity contribution is 0.0951. The van der Waals surface area contributed by atoms with Crippen LogP contribution in [0.3, 0.4) is 0 Å². The zero-order valence-electron chi connectivity index (χ0n) is 14.5. The molecule has 0 spiro atoms. The molecular formula is C20H18N4O3. The lowest BCUT2D eigenvalue weighted by Crippen LogP contribution is -2.23. The van der Waals surface area contributed by atoms with E-state index in [1.807, 2.05) is 30.3 Å². The number of aromatic nitrogens is 2. The van der Waals surface area contributed by atoms with E-state index >= 15 is 0 Å². The smallest absolute Gasteiger partial charge is 0.251 e. The Morgan fingerprint density at radius 3 is 2.67 bits per heavy atom. The minimum atomic E-state index is -0.152. The van der Waals surface area contributed by atoms with Crippen LogP contribution in [0.2, 0.25) is 0 Å². The second-order valence-corrected chi connectivity index (χ2v) is 6.01. The van der Waals surface area contributed by atoms with Crippen LogP contribution in [-0.2, 0) is 13.1 Å². The third-order valence-electron chi connectivity index (χ3n) is 4.14. The summed E-state index contributed by atoms with van der Waals surface area (Å²) in [6.07, 6.45) is 5.02. The Labute approximate surface area is 156 Å². The molecule has 0 radical (unpaired) electrons. The van der Waals surface area contributed by atoms with E-state index < -0.39 is 0 Å². The van der Waals surface area contributed by atoms with E-state index in [0.29, 0.717) is 24.5 Å². The molecule has 4 rings (SSSR count). The van der Waals surface area contributed by atoms with Gasteiger partial charge < -0.3 is 20.1 Å². The van der Waals surface area contributed by atoms with Crippen molar-refractivity contribution in [1.82, 2.24) is 15.3 Å². The third-order valence-corrected chi connectivity index (χ3v) is 4.14. The summed E-state index contributed by atoms with van der Waals surface area (Å²) in [5.74, 6) is 1.97. The molecule has 0 saturated heterocycles. The quantitative estimate of drug-likeness (QED) is 0.701. The van der Waals surface area contributed by atoms with Crippen LogP contribution in [0.1, 0.15) is 21.5 Å². The normalized spacial score (nSPS) is 11.9. The van der Waals surface area contributed by atoms with Gasteiger partial charge in [0, 0.05) is 37.2 Å². The fourth-order valence-electron chi connectivity index (χ4n) is 2.70. The van der Waals surface area contributed by atoms with E-state index in [1.165, 1.54) is 0 Å². The Kier molecular flexibility index (Phi) is 4.82. The van der Waals surface area contributed by atoms with Crippen LogP contribution in [0.5, 0.6) is 11.5 Å². The first kappa shape index (κ1) is 16.8. The Bertz CT molecular complexity index is 947. The second kappa shape index (κ2) is 7.74. The molecule has 0 atom stereocenters. The minimum Gasteiger partial charge on any atom is -0.454 e. The molecule has 1 aliphatic heterocycles. The number of pyridine rings is 2. The number of nitrogens with one attached hydrogen (secondary N) is 2. The van der Waals surface area contributed by atoms with E-state index in [4.69, 9.17) is 9.47 Å². The lowest BCUT2D eigenvalue weighted by atomic mass is 10.2. The average Bonchev–Trinajstić information content (AvgIpc) is 3.19. The standard InChI is InChI=1S/C20H18N4O3/c25-20(24-11-14-3-6-21-7-4-14)16-5-8-22-19(10-16)23-12-15-1-2-17-18(9-15)27-13-26-17/h1-10H,11-13H2,(H,22,23)(H,24,25). The van der Waals surface area contributed by atoms with Crippen molar-refractivity contribution in [3.8, 4) is 11.5 Å². The molecule has 27 heavy (non-hydrogen) atoms. The molecule has 1 aromatic carbocycles. The van der Waals surface area contributed by atoms with E-state index in [1.54, 1.807) is 30.7 Å². The van der Waals surface area contributed by atoms with Gasteiger partial charge in [-0.3, -0.25) is 9.78 Å². The molecule has 0 saturated carbocycles. The Hall–Kier alpha value is -3.61. The lowest BCUT2D eigenvalue weighted by Gasteiger charge is -2.09. The first-order valence-electron chi connectivity index (χ1n) is 8.53. The summed E-state index contributed by atoms with van der Waals surface area (Å²) < 4.78 is 10.7. The maximum Gasteiger partial charge on any atom is 0.251 e. The number of benzene rings is 1. The summed E-state index contributed by atoms with van der Waals surface area (Å²) >= 11 is 0. The predicted octanol–water partition coefficient (Wildman–Crippen LogP) is 2.75. The van der Waals surface area contributed by atoms with Gasteiger partial charge in [-0.25, -0.2) is 4.98 Å². The number of carbonyl (C=O) groups is 1. The highest BCUT2D eigenvalue weighted by atomic mass is 16.7. The number of anilines is 1. The van der Waals surface area contributed by atoms with Gasteiger partial charge in [0.05, 0.1) is 0 Å². The second-order valence-electron chi connectivity index (χ2n) is 6.01. The highest BCUT2D eigenvalue weighted by molar-refractivity contribution is 5.94. The van der Waals surface area contributed by atoms with Crippen molar-refractivity contribution >= 4 is 11.7 Å². The van der Waals surface area contributed by atoms with Crippen LogP contribution < -0.4 is 20.1 Å². The number of rotatable bonds is 6. The zero-order valence-corrected chi connectivity index (χ0v) is 14.5. The topological polar surface area (TPSA) is 85.4 Å². The summed E-state index contributed by atoms with van der Waals surface area (Å²) in [6.45, 7) is 1.26. The van der Waals surface area contributed by atoms with Gasteiger partial charge in [-0.15, -0.1) is 0 Å².